The molecule has 4 heteroatoms. The standard InChI is InChI=1S/C13H13NO3/c1-9-2-7-12(17-9)13(16)14-8-10-3-5-11(15)6-4-10/h2-7,15H,8H2,1H3,(H,14,16). The first kappa shape index (κ1) is 11.3. The third-order valence-corrected chi connectivity index (χ3v) is 2.35. The lowest BCUT2D eigenvalue weighted by Gasteiger charge is -2.03. The Labute approximate surface area is 98.9 Å². The lowest BCUT2D eigenvalue weighted by atomic mass is 10.2. The summed E-state index contributed by atoms with van der Waals surface area (Å²) in [7, 11) is 0. The molecule has 0 fully saturated rings. The van der Waals surface area contributed by atoms with Gasteiger partial charge < -0.3 is 14.8 Å². The molecule has 2 aromatic rings. The third kappa shape index (κ3) is 2.87. The van der Waals surface area contributed by atoms with E-state index in [0.717, 1.165) is 5.56 Å². The van der Waals surface area contributed by atoms with Gasteiger partial charge in [0, 0.05) is 6.54 Å². The number of rotatable bonds is 3. The van der Waals surface area contributed by atoms with Gasteiger partial charge in [-0.25, -0.2) is 0 Å². The van der Waals surface area contributed by atoms with Gasteiger partial charge in [-0.15, -0.1) is 0 Å². The van der Waals surface area contributed by atoms with Gasteiger partial charge in [0.15, 0.2) is 5.76 Å². The predicted molar refractivity (Wildman–Crippen MR) is 62.7 cm³/mol. The SMILES string of the molecule is Cc1ccc(C(=O)NCc2ccc(O)cc2)o1. The van der Waals surface area contributed by atoms with Crippen LogP contribution in [0.15, 0.2) is 40.8 Å². The van der Waals surface area contributed by atoms with Crippen molar-refractivity contribution < 1.29 is 14.3 Å². The Bertz CT molecular complexity index is 514. The van der Waals surface area contributed by atoms with Gasteiger partial charge in [-0.1, -0.05) is 12.1 Å². The highest BCUT2D eigenvalue weighted by Gasteiger charge is 2.08. The molecule has 0 aliphatic rings. The van der Waals surface area contributed by atoms with Gasteiger partial charge in [-0.05, 0) is 36.8 Å². The van der Waals surface area contributed by atoms with Gasteiger partial charge >= 0.3 is 0 Å². The number of aromatic hydroxyl groups is 1. The van der Waals surface area contributed by atoms with Crippen LogP contribution in [0.25, 0.3) is 0 Å². The van der Waals surface area contributed by atoms with E-state index in [1.165, 1.54) is 0 Å². The van der Waals surface area contributed by atoms with Gasteiger partial charge in [0.1, 0.15) is 11.5 Å². The molecule has 1 aromatic carbocycles. The molecule has 88 valence electrons. The summed E-state index contributed by atoms with van der Waals surface area (Å²) < 4.78 is 5.20. The molecule has 17 heavy (non-hydrogen) atoms. The zero-order chi connectivity index (χ0) is 12.3. The Morgan fingerprint density at radius 3 is 2.53 bits per heavy atom. The van der Waals surface area contributed by atoms with Crippen molar-refractivity contribution in [3.63, 3.8) is 0 Å². The largest absolute Gasteiger partial charge is 0.508 e. The smallest absolute Gasteiger partial charge is 0.287 e. The summed E-state index contributed by atoms with van der Waals surface area (Å²) in [4.78, 5) is 11.6. The summed E-state index contributed by atoms with van der Waals surface area (Å²) >= 11 is 0. The molecule has 0 spiro atoms. The van der Waals surface area contributed by atoms with Crippen LogP contribution in [0, 0.1) is 6.92 Å². The Morgan fingerprint density at radius 2 is 1.94 bits per heavy atom. The maximum Gasteiger partial charge on any atom is 0.287 e. The van der Waals surface area contributed by atoms with Crippen molar-refractivity contribution in [2.45, 2.75) is 13.5 Å². The second-order valence-corrected chi connectivity index (χ2v) is 3.76. The lowest BCUT2D eigenvalue weighted by Crippen LogP contribution is -2.22. The van der Waals surface area contributed by atoms with Crippen LogP contribution in [0.1, 0.15) is 21.9 Å². The van der Waals surface area contributed by atoms with E-state index in [2.05, 4.69) is 5.32 Å². The molecule has 0 saturated heterocycles. The molecule has 0 atom stereocenters. The summed E-state index contributed by atoms with van der Waals surface area (Å²) in [6, 6.07) is 10.1. The van der Waals surface area contributed by atoms with Crippen LogP contribution in [0.4, 0.5) is 0 Å². The second-order valence-electron chi connectivity index (χ2n) is 3.76. The summed E-state index contributed by atoms with van der Waals surface area (Å²) in [6.07, 6.45) is 0. The van der Waals surface area contributed by atoms with Crippen LogP contribution in [-0.2, 0) is 6.54 Å². The number of carbonyl (C=O) groups excluding carboxylic acids is 1. The van der Waals surface area contributed by atoms with Crippen molar-refractivity contribution in [3.8, 4) is 5.75 Å². The predicted octanol–water partition coefficient (Wildman–Crippen LogP) is 2.22. The number of nitrogens with one attached hydrogen (secondary N) is 1. The quantitative estimate of drug-likeness (QED) is 0.851. The molecule has 0 aliphatic carbocycles. The Balaban J connectivity index is 1.94. The molecular weight excluding hydrogens is 218 g/mol. The van der Waals surface area contributed by atoms with E-state index in [1.807, 2.05) is 0 Å². The number of benzene rings is 1. The first-order valence-corrected chi connectivity index (χ1v) is 5.28. The number of furan rings is 1. The van der Waals surface area contributed by atoms with E-state index in [0.29, 0.717) is 18.1 Å². The highest BCUT2D eigenvalue weighted by molar-refractivity contribution is 5.91. The molecular formula is C13H13NO3. The third-order valence-electron chi connectivity index (χ3n) is 2.35. The summed E-state index contributed by atoms with van der Waals surface area (Å²) in [6.45, 7) is 2.19. The Hall–Kier alpha value is -2.23. The molecule has 2 rings (SSSR count). The van der Waals surface area contributed by atoms with E-state index in [1.54, 1.807) is 43.3 Å². The first-order chi connectivity index (χ1) is 8.15. The minimum absolute atomic E-state index is 0.210. The van der Waals surface area contributed by atoms with Gasteiger partial charge in [0.2, 0.25) is 0 Å². The molecule has 0 bridgehead atoms. The van der Waals surface area contributed by atoms with Crippen molar-refractivity contribution in [2.24, 2.45) is 0 Å². The van der Waals surface area contributed by atoms with Crippen LogP contribution >= 0.6 is 0 Å². The minimum atomic E-state index is -0.244. The minimum Gasteiger partial charge on any atom is -0.508 e. The molecule has 0 radical (unpaired) electrons. The Morgan fingerprint density at radius 1 is 1.24 bits per heavy atom. The fraction of sp³-hybridized carbons (Fsp3) is 0.154. The molecule has 0 aliphatic heterocycles. The van der Waals surface area contributed by atoms with Gasteiger partial charge in [0.05, 0.1) is 0 Å². The van der Waals surface area contributed by atoms with Crippen LogP contribution in [0.2, 0.25) is 0 Å². The molecule has 1 heterocycles. The molecule has 0 saturated carbocycles. The zero-order valence-corrected chi connectivity index (χ0v) is 9.43. The van der Waals surface area contributed by atoms with Crippen molar-refractivity contribution in [1.29, 1.82) is 0 Å². The average molecular weight is 231 g/mol. The van der Waals surface area contributed by atoms with E-state index in [4.69, 9.17) is 9.52 Å². The lowest BCUT2D eigenvalue weighted by molar-refractivity contribution is 0.0922. The van der Waals surface area contributed by atoms with Crippen LogP contribution < -0.4 is 5.32 Å². The van der Waals surface area contributed by atoms with Crippen LogP contribution in [-0.4, -0.2) is 11.0 Å². The maximum atomic E-state index is 11.6. The van der Waals surface area contributed by atoms with Crippen molar-refractivity contribution in [3.05, 3.63) is 53.5 Å². The average Bonchev–Trinajstić information content (AvgIpc) is 2.75. The van der Waals surface area contributed by atoms with Crippen molar-refractivity contribution in [2.75, 3.05) is 0 Å². The number of aryl methyl sites for hydroxylation is 1. The number of hydrogen-bond acceptors (Lipinski definition) is 3. The van der Waals surface area contributed by atoms with E-state index < -0.39 is 0 Å². The highest BCUT2D eigenvalue weighted by Crippen LogP contribution is 2.10. The molecule has 1 amide bonds. The first-order valence-electron chi connectivity index (χ1n) is 5.28. The highest BCUT2D eigenvalue weighted by atomic mass is 16.3. The topological polar surface area (TPSA) is 62.5 Å². The van der Waals surface area contributed by atoms with Crippen LogP contribution in [0.3, 0.4) is 0 Å². The number of phenolic OH excluding ortho intramolecular Hbond substituents is 1. The summed E-state index contributed by atoms with van der Waals surface area (Å²) in [5.41, 5.74) is 0.916. The number of hydrogen-bond donors (Lipinski definition) is 2. The van der Waals surface area contributed by atoms with Crippen molar-refractivity contribution >= 4 is 5.91 Å². The summed E-state index contributed by atoms with van der Waals surface area (Å²) in [5.74, 6) is 0.981. The Kier molecular flexibility index (Phi) is 3.14. The maximum absolute atomic E-state index is 11.6. The van der Waals surface area contributed by atoms with E-state index in [9.17, 15) is 4.79 Å². The normalized spacial score (nSPS) is 10.2. The van der Waals surface area contributed by atoms with Gasteiger partial charge in [-0.2, -0.15) is 0 Å². The summed E-state index contributed by atoms with van der Waals surface area (Å²) in [5, 5.41) is 11.8. The molecule has 0 unspecified atom stereocenters. The molecule has 2 N–H and O–H groups in total. The molecule has 4 nitrogen and oxygen atoms in total. The van der Waals surface area contributed by atoms with Crippen LogP contribution in [0.5, 0.6) is 5.75 Å². The van der Waals surface area contributed by atoms with Crippen molar-refractivity contribution in [1.82, 2.24) is 5.32 Å². The fourth-order valence-corrected chi connectivity index (χ4v) is 1.44. The molecule has 1 aromatic heterocycles. The monoisotopic (exact) mass is 231 g/mol. The zero-order valence-electron chi connectivity index (χ0n) is 9.43. The number of carbonyl (C=O) groups is 1. The van der Waals surface area contributed by atoms with Gasteiger partial charge in [0.25, 0.3) is 5.91 Å². The number of amides is 1. The van der Waals surface area contributed by atoms with E-state index in [-0.39, 0.29) is 11.7 Å². The second kappa shape index (κ2) is 4.74. The number of phenols is 1. The van der Waals surface area contributed by atoms with E-state index >= 15 is 0 Å². The van der Waals surface area contributed by atoms with Gasteiger partial charge in [-0.3, -0.25) is 4.79 Å². The fourth-order valence-electron chi connectivity index (χ4n) is 1.44.